The number of thiazole rings is 1. The summed E-state index contributed by atoms with van der Waals surface area (Å²) < 4.78 is 5.54. The molecule has 0 fully saturated rings. The normalized spacial score (nSPS) is 10.6. The molecule has 7 heteroatoms. The summed E-state index contributed by atoms with van der Waals surface area (Å²) >= 11 is 7.26. The van der Waals surface area contributed by atoms with Crippen LogP contribution in [0, 0.1) is 24.0 Å². The van der Waals surface area contributed by atoms with Crippen LogP contribution in [0.15, 0.2) is 18.2 Å². The third-order valence-corrected chi connectivity index (χ3v) is 4.15. The lowest BCUT2D eigenvalue weighted by atomic mass is 10.2. The first-order valence-electron chi connectivity index (χ1n) is 5.90. The van der Waals surface area contributed by atoms with Gasteiger partial charge in [0, 0.05) is 16.8 Å². The molecule has 0 unspecified atom stereocenters. The molecule has 106 valence electrons. The van der Waals surface area contributed by atoms with Crippen LogP contribution in [0.5, 0.6) is 5.75 Å². The molecule has 5 nitrogen and oxygen atoms in total. The summed E-state index contributed by atoms with van der Waals surface area (Å²) in [7, 11) is 0. The van der Waals surface area contributed by atoms with E-state index in [1.54, 1.807) is 12.1 Å². The van der Waals surface area contributed by atoms with Crippen LogP contribution in [-0.4, -0.2) is 9.91 Å². The number of benzene rings is 1. The first kappa shape index (κ1) is 14.7. The number of halogens is 1. The minimum atomic E-state index is -0.467. The van der Waals surface area contributed by atoms with E-state index in [1.807, 2.05) is 13.8 Å². The van der Waals surface area contributed by atoms with E-state index >= 15 is 0 Å². The van der Waals surface area contributed by atoms with Gasteiger partial charge in [0.15, 0.2) is 5.75 Å². The number of nitro groups is 1. The molecule has 0 saturated carbocycles. The van der Waals surface area contributed by atoms with Crippen molar-refractivity contribution in [2.24, 2.45) is 0 Å². The van der Waals surface area contributed by atoms with E-state index in [2.05, 4.69) is 4.98 Å². The number of aromatic nitrogens is 1. The van der Waals surface area contributed by atoms with Crippen LogP contribution >= 0.6 is 22.9 Å². The lowest BCUT2D eigenvalue weighted by molar-refractivity contribution is -0.386. The maximum Gasteiger partial charge on any atom is 0.310 e. The molecule has 20 heavy (non-hydrogen) atoms. The van der Waals surface area contributed by atoms with E-state index in [-0.39, 0.29) is 23.9 Å². The minimum absolute atomic E-state index is 0.0659. The number of aryl methyl sites for hydroxylation is 2. The summed E-state index contributed by atoms with van der Waals surface area (Å²) in [5.74, 6) is 0.503. The molecule has 0 spiro atoms. The van der Waals surface area contributed by atoms with Gasteiger partial charge >= 0.3 is 5.69 Å². The fourth-order valence-corrected chi connectivity index (χ4v) is 2.66. The predicted molar refractivity (Wildman–Crippen MR) is 78.6 cm³/mol. The number of hydrogen-bond donors (Lipinski definition) is 0. The summed E-state index contributed by atoms with van der Waals surface area (Å²) in [4.78, 5) is 16.0. The third-order valence-electron chi connectivity index (χ3n) is 2.80. The van der Waals surface area contributed by atoms with Crippen molar-refractivity contribution in [2.45, 2.75) is 26.3 Å². The summed E-state index contributed by atoms with van der Waals surface area (Å²) in [6.45, 7) is 4.12. The highest BCUT2D eigenvalue weighted by Crippen LogP contribution is 2.30. The first-order chi connectivity index (χ1) is 9.51. The molecule has 1 aromatic carbocycles. The summed E-state index contributed by atoms with van der Waals surface area (Å²) in [6, 6.07) is 4.62. The molecule has 0 saturated heterocycles. The van der Waals surface area contributed by atoms with Crippen LogP contribution < -0.4 is 4.74 Å². The maximum atomic E-state index is 11.0. The Balaban J connectivity index is 2.20. The zero-order valence-electron chi connectivity index (χ0n) is 11.1. The van der Waals surface area contributed by atoms with Crippen molar-refractivity contribution in [1.82, 2.24) is 4.98 Å². The van der Waals surface area contributed by atoms with Gasteiger partial charge in [-0.2, -0.15) is 0 Å². The topological polar surface area (TPSA) is 65.3 Å². The molecule has 0 aliphatic heterocycles. The fourth-order valence-electron chi connectivity index (χ4n) is 1.65. The van der Waals surface area contributed by atoms with Gasteiger partial charge < -0.3 is 4.74 Å². The van der Waals surface area contributed by atoms with Crippen molar-refractivity contribution >= 4 is 28.6 Å². The number of hydrogen-bond acceptors (Lipinski definition) is 5. The smallest absolute Gasteiger partial charge is 0.310 e. The van der Waals surface area contributed by atoms with Crippen LogP contribution in [0.25, 0.3) is 0 Å². The molecule has 1 heterocycles. The van der Waals surface area contributed by atoms with Gasteiger partial charge in [0.1, 0.15) is 11.6 Å². The Morgan fingerprint density at radius 2 is 2.20 bits per heavy atom. The van der Waals surface area contributed by atoms with Crippen molar-refractivity contribution in [2.75, 3.05) is 0 Å². The van der Waals surface area contributed by atoms with Gasteiger partial charge in [0.25, 0.3) is 0 Å². The molecule has 0 N–H and O–H groups in total. The molecule has 0 radical (unpaired) electrons. The zero-order chi connectivity index (χ0) is 14.7. The zero-order valence-corrected chi connectivity index (χ0v) is 12.6. The second-order valence-corrected chi connectivity index (χ2v) is 5.79. The molecular formula is C13H13ClN2O3S. The lowest BCUT2D eigenvalue weighted by Crippen LogP contribution is -1.99. The number of rotatable bonds is 5. The van der Waals surface area contributed by atoms with Crippen LogP contribution in [0.4, 0.5) is 5.69 Å². The minimum Gasteiger partial charge on any atom is -0.479 e. The summed E-state index contributed by atoms with van der Waals surface area (Å²) in [6.07, 6.45) is 0. The average molecular weight is 313 g/mol. The van der Waals surface area contributed by atoms with Gasteiger partial charge in [-0.1, -0.05) is 6.07 Å². The van der Waals surface area contributed by atoms with Gasteiger partial charge in [0.05, 0.1) is 10.6 Å². The number of nitrogens with zero attached hydrogens (tertiary/aromatic N) is 2. The lowest BCUT2D eigenvalue weighted by Gasteiger charge is -2.06. The molecular weight excluding hydrogens is 300 g/mol. The van der Waals surface area contributed by atoms with Gasteiger partial charge in [0.2, 0.25) is 0 Å². The Morgan fingerprint density at radius 1 is 1.45 bits per heavy atom. The van der Waals surface area contributed by atoms with Gasteiger partial charge in [-0.15, -0.1) is 22.9 Å². The molecule has 2 aromatic rings. The average Bonchev–Trinajstić information content (AvgIpc) is 2.75. The van der Waals surface area contributed by atoms with Crippen molar-refractivity contribution in [3.05, 3.63) is 49.5 Å². The first-order valence-corrected chi connectivity index (χ1v) is 7.25. The van der Waals surface area contributed by atoms with E-state index in [0.717, 1.165) is 21.1 Å². The van der Waals surface area contributed by atoms with Crippen LogP contribution in [0.3, 0.4) is 0 Å². The van der Waals surface area contributed by atoms with Crippen LogP contribution in [0.1, 0.15) is 21.1 Å². The van der Waals surface area contributed by atoms with Gasteiger partial charge in [-0.3, -0.25) is 10.1 Å². The number of nitro benzene ring substituents is 1. The predicted octanol–water partition coefficient (Wildman–Crippen LogP) is 3.99. The van der Waals surface area contributed by atoms with E-state index < -0.39 is 4.92 Å². The van der Waals surface area contributed by atoms with Crippen LogP contribution in [-0.2, 0) is 12.5 Å². The monoisotopic (exact) mass is 312 g/mol. The largest absolute Gasteiger partial charge is 0.479 e. The second-order valence-electron chi connectivity index (χ2n) is 4.23. The summed E-state index contributed by atoms with van der Waals surface area (Å²) in [5.41, 5.74) is 1.67. The van der Waals surface area contributed by atoms with Gasteiger partial charge in [-0.25, -0.2) is 4.98 Å². The molecule has 1 aromatic heterocycles. The highest BCUT2D eigenvalue weighted by molar-refractivity contribution is 7.11. The Hall–Kier alpha value is -1.66. The fraction of sp³-hybridized carbons (Fsp3) is 0.308. The third kappa shape index (κ3) is 3.26. The summed E-state index contributed by atoms with van der Waals surface area (Å²) in [5, 5.41) is 11.8. The molecule has 0 aliphatic carbocycles. The molecule has 0 bridgehead atoms. The standard InChI is InChI=1S/C13H13ClN2O3S/c1-8-9(2)20-13(15-8)7-19-12-5-10(6-14)3-4-11(12)16(17)18/h3-5H,6-7H2,1-2H3. The van der Waals surface area contributed by atoms with Crippen molar-refractivity contribution in [1.29, 1.82) is 0 Å². The Morgan fingerprint density at radius 3 is 2.75 bits per heavy atom. The van der Waals surface area contributed by atoms with Crippen LogP contribution in [0.2, 0.25) is 0 Å². The SMILES string of the molecule is Cc1nc(COc2cc(CCl)ccc2[N+](=O)[O-])sc1C. The maximum absolute atomic E-state index is 11.0. The Labute approximate surface area is 125 Å². The second kappa shape index (κ2) is 6.19. The van der Waals surface area contributed by atoms with E-state index in [0.29, 0.717) is 0 Å². The van der Waals surface area contributed by atoms with Crippen molar-refractivity contribution in [3.8, 4) is 5.75 Å². The van der Waals surface area contributed by atoms with E-state index in [9.17, 15) is 10.1 Å². The number of alkyl halides is 1. The molecule has 0 aliphatic rings. The molecule has 0 atom stereocenters. The van der Waals surface area contributed by atoms with E-state index in [1.165, 1.54) is 17.4 Å². The number of ether oxygens (including phenoxy) is 1. The quantitative estimate of drug-likeness (QED) is 0.476. The Bertz CT molecular complexity index is 623. The van der Waals surface area contributed by atoms with Crippen molar-refractivity contribution in [3.63, 3.8) is 0 Å². The molecule has 0 amide bonds. The highest BCUT2D eigenvalue weighted by atomic mass is 35.5. The van der Waals surface area contributed by atoms with Gasteiger partial charge in [-0.05, 0) is 25.5 Å². The molecule has 2 rings (SSSR count). The van der Waals surface area contributed by atoms with E-state index in [4.69, 9.17) is 16.3 Å². The Kier molecular flexibility index (Phi) is 4.57. The van der Waals surface area contributed by atoms with Crippen molar-refractivity contribution < 1.29 is 9.66 Å². The highest BCUT2D eigenvalue weighted by Gasteiger charge is 2.16.